The number of piperazine rings is 1. The molecule has 11 heteroatoms. The van der Waals surface area contributed by atoms with Gasteiger partial charge in [0.25, 0.3) is 5.69 Å². The molecule has 0 aliphatic carbocycles. The van der Waals surface area contributed by atoms with E-state index in [1.54, 1.807) is 31.2 Å². The molecule has 2 aliphatic rings. The molecule has 0 radical (unpaired) electrons. The monoisotopic (exact) mass is 455 g/mol. The number of rotatable bonds is 7. The lowest BCUT2D eigenvalue weighted by Crippen LogP contribution is -2.51. The van der Waals surface area contributed by atoms with Gasteiger partial charge >= 0.3 is 12.0 Å². The molecule has 11 nitrogen and oxygen atoms in total. The summed E-state index contributed by atoms with van der Waals surface area (Å²) in [5.74, 6) is -0.0562. The van der Waals surface area contributed by atoms with E-state index in [0.717, 1.165) is 5.69 Å². The lowest BCUT2D eigenvalue weighted by atomic mass is 9.99. The highest BCUT2D eigenvalue weighted by molar-refractivity contribution is 5.95. The molecule has 1 unspecified atom stereocenters. The minimum atomic E-state index is -0.732. The summed E-state index contributed by atoms with van der Waals surface area (Å²) in [7, 11) is 0. The van der Waals surface area contributed by atoms with Gasteiger partial charge in [0.1, 0.15) is 11.8 Å². The molecule has 2 aliphatic heterocycles. The Balaban J connectivity index is 1.49. The number of benzene rings is 1. The standard InChI is InChI=1S/C22H25N5O6/c1-2-32-21(28)19-17(23-22(29)24-20(19)18-4-3-13-33-18)14-25-9-11-26(12-10-25)15-5-7-16(8-6-15)27(30)31/h3-8,13,20H,2,9-12,14H2,1H3,(H2,23,24,29). The Morgan fingerprint density at radius 2 is 1.94 bits per heavy atom. The van der Waals surface area contributed by atoms with Crippen molar-refractivity contribution in [3.8, 4) is 0 Å². The Bertz CT molecular complexity index is 1040. The number of nitro groups is 1. The van der Waals surface area contributed by atoms with Crippen LogP contribution in [0.3, 0.4) is 0 Å². The van der Waals surface area contributed by atoms with Crippen LogP contribution < -0.4 is 15.5 Å². The van der Waals surface area contributed by atoms with Gasteiger partial charge in [0.15, 0.2) is 0 Å². The zero-order valence-corrected chi connectivity index (χ0v) is 18.2. The number of esters is 1. The highest BCUT2D eigenvalue weighted by atomic mass is 16.6. The maximum absolute atomic E-state index is 12.8. The van der Waals surface area contributed by atoms with E-state index in [0.29, 0.717) is 49.8 Å². The molecule has 4 rings (SSSR count). The van der Waals surface area contributed by atoms with Gasteiger partial charge in [-0.2, -0.15) is 0 Å². The Kier molecular flexibility index (Phi) is 6.59. The third-order valence-electron chi connectivity index (χ3n) is 5.66. The molecule has 174 valence electrons. The lowest BCUT2D eigenvalue weighted by molar-refractivity contribution is -0.384. The van der Waals surface area contributed by atoms with Crippen LogP contribution in [0.1, 0.15) is 18.7 Å². The van der Waals surface area contributed by atoms with E-state index in [2.05, 4.69) is 20.4 Å². The van der Waals surface area contributed by atoms with Crippen molar-refractivity contribution >= 4 is 23.4 Å². The number of urea groups is 1. The summed E-state index contributed by atoms with van der Waals surface area (Å²) < 4.78 is 10.7. The lowest BCUT2D eigenvalue weighted by Gasteiger charge is -2.37. The molecule has 33 heavy (non-hydrogen) atoms. The van der Waals surface area contributed by atoms with Crippen LogP contribution in [0.25, 0.3) is 0 Å². The van der Waals surface area contributed by atoms with Crippen LogP contribution in [0.15, 0.2) is 58.3 Å². The largest absolute Gasteiger partial charge is 0.467 e. The number of carbonyl (C=O) groups excluding carboxylic acids is 2. The van der Waals surface area contributed by atoms with E-state index in [9.17, 15) is 19.7 Å². The average molecular weight is 455 g/mol. The highest BCUT2D eigenvalue weighted by Crippen LogP contribution is 2.29. The molecule has 1 fully saturated rings. The van der Waals surface area contributed by atoms with Gasteiger partial charge in [-0.1, -0.05) is 0 Å². The first-order valence-corrected chi connectivity index (χ1v) is 10.7. The van der Waals surface area contributed by atoms with Crippen LogP contribution in [-0.4, -0.2) is 61.2 Å². The number of furan rings is 1. The number of anilines is 1. The van der Waals surface area contributed by atoms with Gasteiger partial charge in [-0.15, -0.1) is 0 Å². The second-order valence-corrected chi connectivity index (χ2v) is 7.70. The van der Waals surface area contributed by atoms with Gasteiger partial charge in [0, 0.05) is 56.2 Å². The Hall–Kier alpha value is -3.86. The van der Waals surface area contributed by atoms with E-state index in [1.807, 2.05) is 0 Å². The number of hydrogen-bond acceptors (Lipinski definition) is 8. The summed E-state index contributed by atoms with van der Waals surface area (Å²) in [4.78, 5) is 39.9. The van der Waals surface area contributed by atoms with Crippen molar-refractivity contribution in [1.29, 1.82) is 0 Å². The molecule has 1 aromatic heterocycles. The van der Waals surface area contributed by atoms with Gasteiger partial charge in [0.2, 0.25) is 0 Å². The molecule has 2 amide bonds. The van der Waals surface area contributed by atoms with Crippen LogP contribution in [0.5, 0.6) is 0 Å². The number of carbonyl (C=O) groups is 2. The molecule has 0 saturated carbocycles. The van der Waals surface area contributed by atoms with E-state index < -0.39 is 23.0 Å². The third-order valence-corrected chi connectivity index (χ3v) is 5.66. The number of nitrogens with zero attached hydrogens (tertiary/aromatic N) is 3. The summed E-state index contributed by atoms with van der Waals surface area (Å²) in [5.41, 5.74) is 1.79. The van der Waals surface area contributed by atoms with Crippen molar-refractivity contribution in [3.63, 3.8) is 0 Å². The average Bonchev–Trinajstić information content (AvgIpc) is 3.34. The quantitative estimate of drug-likeness (QED) is 0.369. The zero-order valence-electron chi connectivity index (χ0n) is 18.2. The molecule has 1 aromatic carbocycles. The van der Waals surface area contributed by atoms with Crippen molar-refractivity contribution in [3.05, 3.63) is 69.8 Å². The van der Waals surface area contributed by atoms with Crippen LogP contribution >= 0.6 is 0 Å². The second-order valence-electron chi connectivity index (χ2n) is 7.70. The summed E-state index contributed by atoms with van der Waals surface area (Å²) in [6, 6.07) is 8.74. The zero-order chi connectivity index (χ0) is 23.4. The predicted molar refractivity (Wildman–Crippen MR) is 119 cm³/mol. The normalized spacial score (nSPS) is 19.1. The molecular weight excluding hydrogens is 430 g/mol. The van der Waals surface area contributed by atoms with E-state index in [4.69, 9.17) is 9.15 Å². The molecule has 1 atom stereocenters. The Morgan fingerprint density at radius 1 is 1.21 bits per heavy atom. The number of non-ortho nitro benzene ring substituents is 1. The van der Waals surface area contributed by atoms with Crippen LogP contribution in [0, 0.1) is 10.1 Å². The number of nitro benzene ring substituents is 1. The fraction of sp³-hybridized carbons (Fsp3) is 0.364. The first-order chi connectivity index (χ1) is 16.0. The van der Waals surface area contributed by atoms with Crippen LogP contribution in [-0.2, 0) is 9.53 Å². The summed E-state index contributed by atoms with van der Waals surface area (Å²) >= 11 is 0. The SMILES string of the molecule is CCOC(=O)C1=C(CN2CCN(c3ccc([N+](=O)[O-])cc3)CC2)NC(=O)NC1c1ccco1. The van der Waals surface area contributed by atoms with Gasteiger partial charge in [-0.3, -0.25) is 15.0 Å². The van der Waals surface area contributed by atoms with E-state index in [-0.39, 0.29) is 12.3 Å². The summed E-state index contributed by atoms with van der Waals surface area (Å²) in [6.07, 6.45) is 1.49. The fourth-order valence-corrected chi connectivity index (χ4v) is 4.03. The van der Waals surface area contributed by atoms with Gasteiger partial charge < -0.3 is 24.7 Å². The minimum Gasteiger partial charge on any atom is -0.467 e. The Morgan fingerprint density at radius 3 is 2.55 bits per heavy atom. The number of hydrogen-bond donors (Lipinski definition) is 2. The molecule has 2 N–H and O–H groups in total. The summed E-state index contributed by atoms with van der Waals surface area (Å²) in [5, 5.41) is 16.4. The van der Waals surface area contributed by atoms with Gasteiger partial charge in [-0.25, -0.2) is 9.59 Å². The number of ether oxygens (including phenoxy) is 1. The van der Waals surface area contributed by atoms with Crippen LogP contribution in [0.4, 0.5) is 16.2 Å². The van der Waals surface area contributed by atoms with Gasteiger partial charge in [-0.05, 0) is 31.2 Å². The molecule has 0 bridgehead atoms. The van der Waals surface area contributed by atoms with Crippen molar-refractivity contribution in [2.75, 3.05) is 44.2 Å². The maximum atomic E-state index is 12.8. The number of amides is 2. The smallest absolute Gasteiger partial charge is 0.338 e. The summed E-state index contributed by atoms with van der Waals surface area (Å²) in [6.45, 7) is 5.08. The van der Waals surface area contributed by atoms with Crippen molar-refractivity contribution in [2.24, 2.45) is 0 Å². The molecule has 3 heterocycles. The fourth-order valence-electron chi connectivity index (χ4n) is 4.03. The first-order valence-electron chi connectivity index (χ1n) is 10.7. The molecule has 1 saturated heterocycles. The molecule has 2 aromatic rings. The highest BCUT2D eigenvalue weighted by Gasteiger charge is 2.36. The molecular formula is C22H25N5O6. The predicted octanol–water partition coefficient (Wildman–Crippen LogP) is 2.18. The van der Waals surface area contributed by atoms with Gasteiger partial charge in [0.05, 0.1) is 23.4 Å². The van der Waals surface area contributed by atoms with Crippen molar-refractivity contribution < 1.29 is 23.7 Å². The van der Waals surface area contributed by atoms with Crippen molar-refractivity contribution in [2.45, 2.75) is 13.0 Å². The van der Waals surface area contributed by atoms with Crippen LogP contribution in [0.2, 0.25) is 0 Å². The first kappa shape index (κ1) is 22.3. The Labute approximate surface area is 190 Å². The van der Waals surface area contributed by atoms with E-state index in [1.165, 1.54) is 18.4 Å². The molecule has 0 spiro atoms. The minimum absolute atomic E-state index is 0.0589. The van der Waals surface area contributed by atoms with E-state index >= 15 is 0 Å². The topological polar surface area (TPSA) is 130 Å². The number of nitrogens with one attached hydrogen (secondary N) is 2. The third kappa shape index (κ3) is 4.98. The van der Waals surface area contributed by atoms with Crippen molar-refractivity contribution in [1.82, 2.24) is 15.5 Å². The second kappa shape index (κ2) is 9.74. The maximum Gasteiger partial charge on any atom is 0.338 e.